The molecule has 0 bridgehead atoms. The number of aryl methyl sites for hydroxylation is 1. The Bertz CT molecular complexity index is 406. The lowest BCUT2D eigenvalue weighted by atomic mass is 10.0. The molecule has 0 atom stereocenters. The normalized spacial score (nSPS) is 22.6. The predicted octanol–water partition coefficient (Wildman–Crippen LogP) is 1.99. The molecule has 0 aromatic carbocycles. The van der Waals surface area contributed by atoms with Crippen molar-refractivity contribution in [1.29, 1.82) is 0 Å². The minimum atomic E-state index is -0.281. The molecule has 2 fully saturated rings. The number of hydrogen-bond acceptors (Lipinski definition) is 4. The molecular formula is C14H20N2O2. The molecule has 3 rings (SSSR count). The van der Waals surface area contributed by atoms with Crippen LogP contribution in [0.15, 0.2) is 18.3 Å². The highest BCUT2D eigenvalue weighted by atomic mass is 16.7. The fraction of sp³-hybridized carbons (Fsp3) is 0.643. The maximum Gasteiger partial charge on any atom is 0.171 e. The van der Waals surface area contributed by atoms with Crippen molar-refractivity contribution in [2.45, 2.75) is 32.0 Å². The van der Waals surface area contributed by atoms with E-state index in [0.717, 1.165) is 51.3 Å². The number of aromatic nitrogens is 1. The summed E-state index contributed by atoms with van der Waals surface area (Å²) in [5.41, 5.74) is 2.43. The van der Waals surface area contributed by atoms with Crippen LogP contribution in [-0.4, -0.2) is 37.1 Å². The fourth-order valence-corrected chi connectivity index (χ4v) is 2.75. The van der Waals surface area contributed by atoms with Gasteiger partial charge >= 0.3 is 0 Å². The van der Waals surface area contributed by atoms with Crippen LogP contribution in [0, 0.1) is 0 Å². The first-order valence-electron chi connectivity index (χ1n) is 6.79. The van der Waals surface area contributed by atoms with Crippen molar-refractivity contribution in [1.82, 2.24) is 4.98 Å². The van der Waals surface area contributed by atoms with Crippen LogP contribution in [0.3, 0.4) is 0 Å². The first-order valence-corrected chi connectivity index (χ1v) is 6.79. The van der Waals surface area contributed by atoms with Gasteiger partial charge in [-0.2, -0.15) is 0 Å². The van der Waals surface area contributed by atoms with Crippen LogP contribution < -0.4 is 4.90 Å². The van der Waals surface area contributed by atoms with Gasteiger partial charge in [0.2, 0.25) is 0 Å². The zero-order valence-electron chi connectivity index (χ0n) is 10.9. The van der Waals surface area contributed by atoms with Crippen molar-refractivity contribution in [2.75, 3.05) is 31.2 Å². The molecule has 98 valence electrons. The number of nitrogens with zero attached hydrogens (tertiary/aromatic N) is 2. The molecule has 4 heteroatoms. The zero-order chi connectivity index (χ0) is 12.4. The van der Waals surface area contributed by atoms with Gasteiger partial charge in [-0.1, -0.05) is 6.92 Å². The van der Waals surface area contributed by atoms with Gasteiger partial charge in [0.25, 0.3) is 0 Å². The summed E-state index contributed by atoms with van der Waals surface area (Å²) in [6.07, 6.45) is 4.80. The van der Waals surface area contributed by atoms with E-state index in [1.165, 1.54) is 5.69 Å². The number of rotatable bonds is 2. The monoisotopic (exact) mass is 248 g/mol. The summed E-state index contributed by atoms with van der Waals surface area (Å²) in [7, 11) is 0. The lowest BCUT2D eigenvalue weighted by molar-refractivity contribution is -0.169. The van der Waals surface area contributed by atoms with Crippen molar-refractivity contribution in [3.63, 3.8) is 0 Å². The molecule has 3 heterocycles. The van der Waals surface area contributed by atoms with Crippen LogP contribution in [-0.2, 0) is 15.9 Å². The van der Waals surface area contributed by atoms with E-state index in [9.17, 15) is 0 Å². The molecule has 0 aliphatic carbocycles. The maximum atomic E-state index is 5.75. The number of anilines is 1. The van der Waals surface area contributed by atoms with Crippen LogP contribution in [0.4, 0.5) is 5.69 Å². The van der Waals surface area contributed by atoms with Crippen LogP contribution >= 0.6 is 0 Å². The smallest absolute Gasteiger partial charge is 0.171 e. The Kier molecular flexibility index (Phi) is 3.22. The molecule has 18 heavy (non-hydrogen) atoms. The summed E-state index contributed by atoms with van der Waals surface area (Å²) in [4.78, 5) is 6.75. The molecule has 0 amide bonds. The molecular weight excluding hydrogens is 228 g/mol. The number of ether oxygens (including phenoxy) is 2. The third-order valence-electron chi connectivity index (χ3n) is 3.87. The lowest BCUT2D eigenvalue weighted by Crippen LogP contribution is -2.45. The highest BCUT2D eigenvalue weighted by Crippen LogP contribution is 2.33. The highest BCUT2D eigenvalue weighted by Gasteiger charge is 2.39. The Morgan fingerprint density at radius 3 is 2.67 bits per heavy atom. The average molecular weight is 248 g/mol. The summed E-state index contributed by atoms with van der Waals surface area (Å²) in [5.74, 6) is -0.281. The Labute approximate surface area is 108 Å². The maximum absolute atomic E-state index is 5.75. The zero-order valence-corrected chi connectivity index (χ0v) is 10.9. The lowest BCUT2D eigenvalue weighted by Gasteiger charge is -2.38. The van der Waals surface area contributed by atoms with Crippen LogP contribution in [0.25, 0.3) is 0 Å². The number of pyridine rings is 1. The standard InChI is InChI=1S/C14H20N2O2/c1-2-12-11-13(3-6-15-12)16-7-4-14(5-8-16)17-9-10-18-14/h3,6,11H,2,4-5,7-10H2,1H3. The molecule has 0 N–H and O–H groups in total. The van der Waals surface area contributed by atoms with E-state index in [4.69, 9.17) is 9.47 Å². The summed E-state index contributed by atoms with van der Waals surface area (Å²) < 4.78 is 11.5. The second-order valence-electron chi connectivity index (χ2n) is 4.95. The van der Waals surface area contributed by atoms with E-state index >= 15 is 0 Å². The first kappa shape index (κ1) is 11.9. The van der Waals surface area contributed by atoms with Gasteiger partial charge in [-0.15, -0.1) is 0 Å². The summed E-state index contributed by atoms with van der Waals surface area (Å²) >= 11 is 0. The number of piperidine rings is 1. The van der Waals surface area contributed by atoms with Crippen molar-refractivity contribution < 1.29 is 9.47 Å². The highest BCUT2D eigenvalue weighted by molar-refractivity contribution is 5.47. The molecule has 2 aliphatic heterocycles. The third kappa shape index (κ3) is 2.22. The Morgan fingerprint density at radius 2 is 2.00 bits per heavy atom. The molecule has 4 nitrogen and oxygen atoms in total. The Hall–Kier alpha value is -1.13. The molecule has 0 radical (unpaired) electrons. The van der Waals surface area contributed by atoms with E-state index in [1.54, 1.807) is 0 Å². The van der Waals surface area contributed by atoms with Crippen molar-refractivity contribution in [3.8, 4) is 0 Å². The first-order chi connectivity index (χ1) is 8.81. The fourth-order valence-electron chi connectivity index (χ4n) is 2.75. The molecule has 1 aromatic rings. The van der Waals surface area contributed by atoms with E-state index in [0.29, 0.717) is 0 Å². The molecule has 2 aliphatic rings. The minimum absolute atomic E-state index is 0.281. The molecule has 0 unspecified atom stereocenters. The van der Waals surface area contributed by atoms with Crippen LogP contribution in [0.5, 0.6) is 0 Å². The van der Waals surface area contributed by atoms with Gasteiger partial charge in [-0.05, 0) is 18.6 Å². The van der Waals surface area contributed by atoms with Gasteiger partial charge in [-0.25, -0.2) is 0 Å². The van der Waals surface area contributed by atoms with Gasteiger partial charge in [0.05, 0.1) is 13.2 Å². The molecule has 2 saturated heterocycles. The second-order valence-corrected chi connectivity index (χ2v) is 4.95. The van der Waals surface area contributed by atoms with Crippen molar-refractivity contribution in [3.05, 3.63) is 24.0 Å². The number of hydrogen-bond donors (Lipinski definition) is 0. The quantitative estimate of drug-likeness (QED) is 0.801. The Balaban J connectivity index is 1.68. The van der Waals surface area contributed by atoms with E-state index in [-0.39, 0.29) is 5.79 Å². The average Bonchev–Trinajstić information content (AvgIpc) is 2.88. The largest absolute Gasteiger partial charge is 0.371 e. The Morgan fingerprint density at radius 1 is 1.28 bits per heavy atom. The topological polar surface area (TPSA) is 34.6 Å². The molecule has 1 spiro atoms. The summed E-state index contributed by atoms with van der Waals surface area (Å²) in [6.45, 7) is 5.61. The van der Waals surface area contributed by atoms with Crippen LogP contribution in [0.1, 0.15) is 25.5 Å². The second kappa shape index (κ2) is 4.86. The summed E-state index contributed by atoms with van der Waals surface area (Å²) in [6, 6.07) is 4.28. The summed E-state index contributed by atoms with van der Waals surface area (Å²) in [5, 5.41) is 0. The van der Waals surface area contributed by atoms with Crippen LogP contribution in [0.2, 0.25) is 0 Å². The van der Waals surface area contributed by atoms with Gasteiger partial charge < -0.3 is 14.4 Å². The SMILES string of the molecule is CCc1cc(N2CCC3(CC2)OCCO3)ccn1. The van der Waals surface area contributed by atoms with E-state index in [2.05, 4.69) is 28.9 Å². The van der Waals surface area contributed by atoms with Gasteiger partial charge in [0, 0.05) is 43.5 Å². The molecule has 1 aromatic heterocycles. The molecule has 0 saturated carbocycles. The minimum Gasteiger partial charge on any atom is -0.371 e. The van der Waals surface area contributed by atoms with Crippen molar-refractivity contribution in [2.24, 2.45) is 0 Å². The van der Waals surface area contributed by atoms with Gasteiger partial charge in [0.1, 0.15) is 0 Å². The van der Waals surface area contributed by atoms with Crippen molar-refractivity contribution >= 4 is 5.69 Å². The van der Waals surface area contributed by atoms with E-state index in [1.807, 2.05) is 6.20 Å². The van der Waals surface area contributed by atoms with Gasteiger partial charge in [0.15, 0.2) is 5.79 Å². The van der Waals surface area contributed by atoms with Gasteiger partial charge in [-0.3, -0.25) is 4.98 Å². The van der Waals surface area contributed by atoms with E-state index < -0.39 is 0 Å². The predicted molar refractivity (Wildman–Crippen MR) is 69.7 cm³/mol. The third-order valence-corrected chi connectivity index (χ3v) is 3.87.